The maximum Gasteiger partial charge on any atom is 0.287 e. The van der Waals surface area contributed by atoms with Gasteiger partial charge in [-0.1, -0.05) is 54.1 Å². The number of nitrogens with one attached hydrogen (secondary N) is 2. The van der Waals surface area contributed by atoms with Crippen LogP contribution in [0.2, 0.25) is 5.02 Å². The molecule has 0 saturated carbocycles. The van der Waals surface area contributed by atoms with E-state index in [4.69, 9.17) is 16.0 Å². The van der Waals surface area contributed by atoms with Gasteiger partial charge in [0.2, 0.25) is 0 Å². The summed E-state index contributed by atoms with van der Waals surface area (Å²) in [7, 11) is 0. The van der Waals surface area contributed by atoms with E-state index < -0.39 is 0 Å². The van der Waals surface area contributed by atoms with Gasteiger partial charge in [0.1, 0.15) is 6.54 Å². The third kappa shape index (κ3) is 3.35. The molecule has 2 aromatic carbocycles. The largest absolute Gasteiger partial charge is 0.449 e. The lowest BCUT2D eigenvalue weighted by Gasteiger charge is -2.14. The van der Waals surface area contributed by atoms with E-state index in [0.717, 1.165) is 37.0 Å². The van der Waals surface area contributed by atoms with Gasteiger partial charge in [-0.25, -0.2) is 0 Å². The third-order valence-electron chi connectivity index (χ3n) is 5.14. The van der Waals surface area contributed by atoms with Crippen LogP contribution in [0.5, 0.6) is 0 Å². The van der Waals surface area contributed by atoms with E-state index in [1.54, 1.807) is 6.07 Å². The summed E-state index contributed by atoms with van der Waals surface area (Å²) < 4.78 is 5.77. The van der Waals surface area contributed by atoms with Gasteiger partial charge in [-0.3, -0.25) is 4.79 Å². The number of carbonyl (C=O) groups excluding carboxylic acids is 1. The Hall–Kier alpha value is -2.30. The summed E-state index contributed by atoms with van der Waals surface area (Å²) in [5.74, 6) is 0.213. The highest BCUT2D eigenvalue weighted by molar-refractivity contribution is 6.35. The van der Waals surface area contributed by atoms with Crippen molar-refractivity contribution in [2.45, 2.75) is 25.9 Å². The molecule has 26 heavy (non-hydrogen) atoms. The van der Waals surface area contributed by atoms with Crippen LogP contribution in [0.1, 0.15) is 28.1 Å². The lowest BCUT2D eigenvalue weighted by molar-refractivity contribution is -0.901. The number of rotatable bonds is 4. The molecule has 1 aliphatic heterocycles. The van der Waals surface area contributed by atoms with Gasteiger partial charge in [0.25, 0.3) is 5.91 Å². The Morgan fingerprint density at radius 1 is 1.23 bits per heavy atom. The molecule has 1 fully saturated rings. The van der Waals surface area contributed by atoms with Gasteiger partial charge in [0, 0.05) is 22.9 Å². The number of halogens is 1. The smallest absolute Gasteiger partial charge is 0.287 e. The molecule has 0 bridgehead atoms. The number of furan rings is 1. The molecule has 1 aromatic heterocycles. The summed E-state index contributed by atoms with van der Waals surface area (Å²) in [5, 5.41) is 4.56. The maximum absolute atomic E-state index is 12.7. The van der Waals surface area contributed by atoms with Crippen LogP contribution < -0.4 is 10.2 Å². The third-order valence-corrected chi connectivity index (χ3v) is 5.43. The van der Waals surface area contributed by atoms with Crippen molar-refractivity contribution in [1.29, 1.82) is 0 Å². The van der Waals surface area contributed by atoms with Crippen LogP contribution in [-0.2, 0) is 6.54 Å². The number of quaternary nitrogens is 1. The first-order valence-electron chi connectivity index (χ1n) is 8.98. The van der Waals surface area contributed by atoms with Crippen molar-refractivity contribution in [3.05, 3.63) is 70.4 Å². The molecule has 5 heteroatoms. The van der Waals surface area contributed by atoms with Gasteiger partial charge in [-0.05, 0) is 13.0 Å². The zero-order chi connectivity index (χ0) is 18.1. The highest BCUT2D eigenvalue weighted by atomic mass is 35.5. The normalized spacial score (nSPS) is 19.8. The fraction of sp³-hybridized carbons (Fsp3) is 0.286. The summed E-state index contributed by atoms with van der Waals surface area (Å²) >= 11 is 6.18. The van der Waals surface area contributed by atoms with Crippen molar-refractivity contribution in [2.24, 2.45) is 0 Å². The van der Waals surface area contributed by atoms with E-state index in [1.165, 1.54) is 10.5 Å². The van der Waals surface area contributed by atoms with Crippen molar-refractivity contribution in [3.8, 4) is 0 Å². The van der Waals surface area contributed by atoms with Gasteiger partial charge in [0.05, 0.1) is 24.2 Å². The number of benzene rings is 2. The summed E-state index contributed by atoms with van der Waals surface area (Å²) in [6.45, 7) is 4.89. The van der Waals surface area contributed by atoms with Crippen LogP contribution >= 0.6 is 11.6 Å². The summed E-state index contributed by atoms with van der Waals surface area (Å²) in [6.07, 6.45) is 0.980. The summed E-state index contributed by atoms with van der Waals surface area (Å²) in [4.78, 5) is 14.2. The fourth-order valence-corrected chi connectivity index (χ4v) is 3.99. The van der Waals surface area contributed by atoms with E-state index in [2.05, 4.69) is 29.6 Å². The number of hydrogen-bond acceptors (Lipinski definition) is 2. The lowest BCUT2D eigenvalue weighted by Crippen LogP contribution is -3.09. The molecule has 1 saturated heterocycles. The van der Waals surface area contributed by atoms with E-state index >= 15 is 0 Å². The first-order chi connectivity index (χ1) is 12.6. The SMILES string of the molecule is Cc1c(C(=O)N[C@H]2CC[NH+](Cc3ccccc3)C2)oc2c(Cl)cccc12. The number of aryl methyl sites for hydroxylation is 1. The van der Waals surface area contributed by atoms with Gasteiger partial charge >= 0.3 is 0 Å². The van der Waals surface area contributed by atoms with Crippen LogP contribution in [0.3, 0.4) is 0 Å². The molecule has 1 aliphatic rings. The Morgan fingerprint density at radius 2 is 2.04 bits per heavy atom. The number of amides is 1. The lowest BCUT2D eigenvalue weighted by atomic mass is 10.1. The van der Waals surface area contributed by atoms with E-state index in [1.807, 2.05) is 25.1 Å². The predicted octanol–water partition coefficient (Wildman–Crippen LogP) is 2.98. The Kier molecular flexibility index (Phi) is 4.70. The van der Waals surface area contributed by atoms with Crippen molar-refractivity contribution >= 4 is 28.5 Å². The van der Waals surface area contributed by atoms with Crippen LogP contribution in [0.4, 0.5) is 0 Å². The average Bonchev–Trinajstić information content (AvgIpc) is 3.21. The molecule has 0 aliphatic carbocycles. The second-order valence-electron chi connectivity index (χ2n) is 7.00. The molecular formula is C21H22ClN2O2+. The Bertz CT molecular complexity index is 936. The average molecular weight is 370 g/mol. The minimum absolute atomic E-state index is 0.152. The molecule has 2 N–H and O–H groups in total. The highest BCUT2D eigenvalue weighted by Gasteiger charge is 2.29. The minimum Gasteiger partial charge on any atom is -0.449 e. The molecule has 0 radical (unpaired) electrons. The van der Waals surface area contributed by atoms with Gasteiger partial charge in [-0.15, -0.1) is 0 Å². The number of carbonyl (C=O) groups is 1. The maximum atomic E-state index is 12.7. The minimum atomic E-state index is -0.152. The Balaban J connectivity index is 1.43. The highest BCUT2D eigenvalue weighted by Crippen LogP contribution is 2.30. The molecule has 2 atom stereocenters. The standard InChI is InChI=1S/C21H21ClN2O2/c1-14-17-8-5-9-18(22)20(17)26-19(14)21(25)23-16-10-11-24(13-16)12-15-6-3-2-4-7-15/h2-9,16H,10-13H2,1H3,(H,23,25)/p+1/t16-/m0/s1. The molecule has 4 rings (SSSR count). The van der Waals surface area contributed by atoms with Crippen LogP contribution in [0, 0.1) is 6.92 Å². The number of hydrogen-bond donors (Lipinski definition) is 2. The van der Waals surface area contributed by atoms with Crippen molar-refractivity contribution in [1.82, 2.24) is 5.32 Å². The van der Waals surface area contributed by atoms with E-state index in [0.29, 0.717) is 16.4 Å². The van der Waals surface area contributed by atoms with Crippen LogP contribution in [0.25, 0.3) is 11.0 Å². The number of para-hydroxylation sites is 1. The first kappa shape index (κ1) is 17.1. The number of likely N-dealkylation sites (tertiary alicyclic amines) is 1. The Morgan fingerprint density at radius 3 is 2.81 bits per heavy atom. The molecule has 3 aromatic rings. The van der Waals surface area contributed by atoms with E-state index in [9.17, 15) is 4.79 Å². The molecule has 134 valence electrons. The number of fused-ring (bicyclic) bond motifs is 1. The van der Waals surface area contributed by atoms with Crippen molar-refractivity contribution in [2.75, 3.05) is 13.1 Å². The quantitative estimate of drug-likeness (QED) is 0.742. The molecular weight excluding hydrogens is 348 g/mol. The molecule has 0 spiro atoms. The zero-order valence-corrected chi connectivity index (χ0v) is 15.5. The van der Waals surface area contributed by atoms with E-state index in [-0.39, 0.29) is 11.9 Å². The predicted molar refractivity (Wildman–Crippen MR) is 103 cm³/mol. The van der Waals surface area contributed by atoms with Crippen molar-refractivity contribution in [3.63, 3.8) is 0 Å². The van der Waals surface area contributed by atoms with Gasteiger partial charge in [-0.2, -0.15) is 0 Å². The summed E-state index contributed by atoms with van der Waals surface area (Å²) in [5.41, 5.74) is 2.75. The van der Waals surface area contributed by atoms with Crippen LogP contribution in [-0.4, -0.2) is 25.0 Å². The van der Waals surface area contributed by atoms with Gasteiger partial charge < -0.3 is 14.6 Å². The van der Waals surface area contributed by atoms with Crippen LogP contribution in [0.15, 0.2) is 52.9 Å². The molecule has 4 nitrogen and oxygen atoms in total. The fourth-order valence-electron chi connectivity index (χ4n) is 3.78. The second-order valence-corrected chi connectivity index (χ2v) is 7.41. The first-order valence-corrected chi connectivity index (χ1v) is 9.35. The van der Waals surface area contributed by atoms with Gasteiger partial charge in [0.15, 0.2) is 11.3 Å². The topological polar surface area (TPSA) is 46.7 Å². The molecule has 1 unspecified atom stereocenters. The molecule has 2 heterocycles. The van der Waals surface area contributed by atoms with Crippen molar-refractivity contribution < 1.29 is 14.1 Å². The monoisotopic (exact) mass is 369 g/mol. The Labute approximate surface area is 157 Å². The zero-order valence-electron chi connectivity index (χ0n) is 14.7. The summed E-state index contributed by atoms with van der Waals surface area (Å²) in [6, 6.07) is 16.2. The molecule has 1 amide bonds. The second kappa shape index (κ2) is 7.14.